The zero-order valence-electron chi connectivity index (χ0n) is 7.21. The molecule has 0 unspecified atom stereocenters. The fourth-order valence-corrected chi connectivity index (χ4v) is 1.85. The molecule has 0 atom stereocenters. The van der Waals surface area contributed by atoms with Gasteiger partial charge in [-0.3, -0.25) is 0 Å². The second kappa shape index (κ2) is 3.27. The van der Waals surface area contributed by atoms with E-state index >= 15 is 0 Å². The number of nitrogens with two attached hydrogens (primary N) is 1. The Hall–Kier alpha value is -1.50. The molecule has 0 amide bonds. The first-order valence-corrected chi connectivity index (χ1v) is 4.68. The molecule has 0 saturated carbocycles. The first-order chi connectivity index (χ1) is 6.97. The van der Waals surface area contributed by atoms with Gasteiger partial charge in [0.05, 0.1) is 4.88 Å². The fraction of sp³-hybridized carbons (Fsp3) is 0.125. The van der Waals surface area contributed by atoms with Crippen LogP contribution in [-0.2, 0) is 6.18 Å². The van der Waals surface area contributed by atoms with Crippen molar-refractivity contribution in [3.8, 4) is 10.6 Å². The van der Waals surface area contributed by atoms with E-state index in [4.69, 9.17) is 10.3 Å². The van der Waals surface area contributed by atoms with Crippen LogP contribution in [0.4, 0.5) is 19.0 Å². The third-order valence-corrected chi connectivity index (χ3v) is 2.80. The van der Waals surface area contributed by atoms with Crippen molar-refractivity contribution in [1.29, 1.82) is 0 Å². The Bertz CT molecular complexity index is 474. The first-order valence-electron chi connectivity index (χ1n) is 3.86. The summed E-state index contributed by atoms with van der Waals surface area (Å²) in [7, 11) is 0. The summed E-state index contributed by atoms with van der Waals surface area (Å²) in [4.78, 5) is -0.320. The molecule has 3 nitrogen and oxygen atoms in total. The smallest absolute Gasteiger partial charge is 0.381 e. The van der Waals surface area contributed by atoms with Crippen molar-refractivity contribution < 1.29 is 17.7 Å². The highest BCUT2D eigenvalue weighted by Gasteiger charge is 2.32. The van der Waals surface area contributed by atoms with E-state index in [1.165, 1.54) is 12.1 Å². The lowest BCUT2D eigenvalue weighted by Crippen LogP contribution is -2.00. The molecular weight excluding hydrogens is 229 g/mol. The molecule has 0 saturated heterocycles. The van der Waals surface area contributed by atoms with Gasteiger partial charge in [-0.2, -0.15) is 13.2 Å². The van der Waals surface area contributed by atoms with E-state index in [1.54, 1.807) is 0 Å². The summed E-state index contributed by atoms with van der Waals surface area (Å²) in [6, 6.07) is 3.71. The highest BCUT2D eigenvalue weighted by Crippen LogP contribution is 2.38. The molecule has 0 aromatic carbocycles. The SMILES string of the molecule is Nc1cc(-c2ccc(C(F)(F)F)s2)on1. The molecule has 2 heterocycles. The number of halogens is 3. The summed E-state index contributed by atoms with van der Waals surface area (Å²) < 4.78 is 41.5. The normalized spacial score (nSPS) is 11.9. The molecule has 0 spiro atoms. The van der Waals surface area contributed by atoms with Gasteiger partial charge in [-0.1, -0.05) is 5.16 Å². The number of anilines is 1. The van der Waals surface area contributed by atoms with E-state index in [9.17, 15) is 13.2 Å². The van der Waals surface area contributed by atoms with E-state index in [0.717, 1.165) is 6.07 Å². The van der Waals surface area contributed by atoms with Gasteiger partial charge < -0.3 is 10.3 Å². The highest BCUT2D eigenvalue weighted by atomic mass is 32.1. The summed E-state index contributed by atoms with van der Waals surface area (Å²) in [5.74, 6) is 0.389. The predicted molar refractivity (Wildman–Crippen MR) is 49.2 cm³/mol. The first kappa shape index (κ1) is 10.0. The Labute approximate surface area is 86.3 Å². The molecule has 0 fully saturated rings. The number of rotatable bonds is 1. The molecule has 0 aliphatic carbocycles. The van der Waals surface area contributed by atoms with Crippen LogP contribution in [0.15, 0.2) is 22.7 Å². The average Bonchev–Trinajstić information content (AvgIpc) is 2.69. The lowest BCUT2D eigenvalue weighted by molar-refractivity contribution is -0.134. The van der Waals surface area contributed by atoms with Crippen molar-refractivity contribution in [2.24, 2.45) is 0 Å². The minimum Gasteiger partial charge on any atom is -0.381 e. The minimum absolute atomic E-state index is 0.145. The molecule has 7 heteroatoms. The summed E-state index contributed by atoms with van der Waals surface area (Å²) in [5, 5.41) is 3.39. The maximum Gasteiger partial charge on any atom is 0.425 e. The van der Waals surface area contributed by atoms with Gasteiger partial charge in [0.2, 0.25) is 0 Å². The van der Waals surface area contributed by atoms with Crippen molar-refractivity contribution in [1.82, 2.24) is 5.16 Å². The van der Waals surface area contributed by atoms with Crippen molar-refractivity contribution in [2.75, 3.05) is 5.73 Å². The third-order valence-electron chi connectivity index (χ3n) is 1.66. The molecule has 2 rings (SSSR count). The van der Waals surface area contributed by atoms with Gasteiger partial charge in [0.25, 0.3) is 0 Å². The maximum absolute atomic E-state index is 12.3. The molecule has 0 aliphatic heterocycles. The zero-order chi connectivity index (χ0) is 11.1. The van der Waals surface area contributed by atoms with E-state index in [0.29, 0.717) is 16.2 Å². The van der Waals surface area contributed by atoms with Crippen LogP contribution >= 0.6 is 11.3 Å². The molecule has 0 aliphatic rings. The van der Waals surface area contributed by atoms with Crippen LogP contribution in [0.2, 0.25) is 0 Å². The monoisotopic (exact) mass is 234 g/mol. The Balaban J connectivity index is 2.36. The molecule has 0 bridgehead atoms. The van der Waals surface area contributed by atoms with E-state index in [-0.39, 0.29) is 11.6 Å². The Morgan fingerprint density at radius 3 is 2.53 bits per heavy atom. The third kappa shape index (κ3) is 1.96. The second-order valence-corrected chi connectivity index (χ2v) is 3.86. The van der Waals surface area contributed by atoms with E-state index in [2.05, 4.69) is 5.16 Å². The Morgan fingerprint density at radius 1 is 1.33 bits per heavy atom. The van der Waals surface area contributed by atoms with Crippen molar-refractivity contribution in [3.05, 3.63) is 23.1 Å². The van der Waals surface area contributed by atoms with Gasteiger partial charge in [0, 0.05) is 6.07 Å². The van der Waals surface area contributed by atoms with E-state index in [1.807, 2.05) is 0 Å². The zero-order valence-corrected chi connectivity index (χ0v) is 8.02. The van der Waals surface area contributed by atoms with Gasteiger partial charge in [-0.05, 0) is 12.1 Å². The molecule has 2 N–H and O–H groups in total. The van der Waals surface area contributed by atoms with E-state index < -0.39 is 11.1 Å². The van der Waals surface area contributed by atoms with Crippen molar-refractivity contribution in [2.45, 2.75) is 6.18 Å². The van der Waals surface area contributed by atoms with Crippen molar-refractivity contribution in [3.63, 3.8) is 0 Å². The number of hydrogen-bond acceptors (Lipinski definition) is 4. The molecule has 80 valence electrons. The second-order valence-electron chi connectivity index (χ2n) is 2.78. The standard InChI is InChI=1S/C8H5F3N2OS/c9-8(10,11)6-2-1-5(15-6)4-3-7(12)13-14-4/h1-3H,(H2,12,13). The number of nitrogen functional groups attached to an aromatic ring is 1. The Kier molecular flexibility index (Phi) is 2.18. The van der Waals surface area contributed by atoms with Crippen LogP contribution in [0.3, 0.4) is 0 Å². The van der Waals surface area contributed by atoms with Crippen LogP contribution in [0.1, 0.15) is 4.88 Å². The van der Waals surface area contributed by atoms with Crippen LogP contribution in [0.25, 0.3) is 10.6 Å². The van der Waals surface area contributed by atoms with Gasteiger partial charge in [-0.25, -0.2) is 0 Å². The quantitative estimate of drug-likeness (QED) is 0.825. The fourth-order valence-electron chi connectivity index (χ4n) is 1.03. The summed E-state index contributed by atoms with van der Waals surface area (Å²) >= 11 is 0.592. The largest absolute Gasteiger partial charge is 0.425 e. The summed E-state index contributed by atoms with van der Waals surface area (Å²) in [5.41, 5.74) is 5.29. The average molecular weight is 234 g/mol. The number of hydrogen-bond donors (Lipinski definition) is 1. The van der Waals surface area contributed by atoms with Gasteiger partial charge in [-0.15, -0.1) is 11.3 Å². The van der Waals surface area contributed by atoms with Crippen molar-refractivity contribution >= 4 is 17.2 Å². The summed E-state index contributed by atoms with van der Waals surface area (Å²) in [6.07, 6.45) is -4.32. The minimum atomic E-state index is -4.32. The van der Waals surface area contributed by atoms with Crippen LogP contribution < -0.4 is 5.73 Å². The Morgan fingerprint density at radius 2 is 2.07 bits per heavy atom. The number of nitrogens with zero attached hydrogens (tertiary/aromatic N) is 1. The van der Waals surface area contributed by atoms with Gasteiger partial charge in [0.15, 0.2) is 11.6 Å². The lowest BCUT2D eigenvalue weighted by atomic mass is 10.3. The highest BCUT2D eigenvalue weighted by molar-refractivity contribution is 7.15. The number of thiophene rings is 1. The van der Waals surface area contributed by atoms with Crippen LogP contribution in [0, 0.1) is 0 Å². The summed E-state index contributed by atoms with van der Waals surface area (Å²) in [6.45, 7) is 0. The van der Waals surface area contributed by atoms with Crippen LogP contribution in [-0.4, -0.2) is 5.16 Å². The predicted octanol–water partition coefficient (Wildman–Crippen LogP) is 3.00. The topological polar surface area (TPSA) is 52.0 Å². The molecule has 15 heavy (non-hydrogen) atoms. The molecular formula is C8H5F3N2OS. The lowest BCUT2D eigenvalue weighted by Gasteiger charge is -2.00. The molecule has 2 aromatic rings. The number of aromatic nitrogens is 1. The van der Waals surface area contributed by atoms with Gasteiger partial charge in [0.1, 0.15) is 4.88 Å². The number of alkyl halides is 3. The molecule has 2 aromatic heterocycles. The maximum atomic E-state index is 12.3. The molecule has 0 radical (unpaired) electrons. The van der Waals surface area contributed by atoms with Crippen LogP contribution in [0.5, 0.6) is 0 Å². The van der Waals surface area contributed by atoms with Gasteiger partial charge >= 0.3 is 6.18 Å².